The highest BCUT2D eigenvalue weighted by Gasteiger charge is 2.14. The van der Waals surface area contributed by atoms with Crippen LogP contribution in [0.5, 0.6) is 0 Å². The molecule has 0 spiro atoms. The molecule has 1 saturated heterocycles. The Kier molecular flexibility index (Phi) is 4.43. The number of rotatable bonds is 2. The van der Waals surface area contributed by atoms with Gasteiger partial charge >= 0.3 is 0 Å². The minimum atomic E-state index is 0. The Balaban J connectivity index is 0.00000120. The van der Waals surface area contributed by atoms with Gasteiger partial charge in [-0.1, -0.05) is 11.6 Å². The summed E-state index contributed by atoms with van der Waals surface area (Å²) in [6.45, 7) is 3.26. The van der Waals surface area contributed by atoms with Crippen molar-refractivity contribution in [2.24, 2.45) is 5.92 Å². The van der Waals surface area contributed by atoms with Crippen LogP contribution >= 0.6 is 24.0 Å². The minimum Gasteiger partial charge on any atom is -0.331 e. The molecule has 2 aromatic rings. The zero-order valence-electron chi connectivity index (χ0n) is 9.97. The molecule has 3 rings (SSSR count). The number of piperidine rings is 1. The Labute approximate surface area is 117 Å². The van der Waals surface area contributed by atoms with Gasteiger partial charge < -0.3 is 9.88 Å². The van der Waals surface area contributed by atoms with Crippen LogP contribution in [0.2, 0.25) is 5.15 Å². The Hall–Kier alpha value is -0.840. The van der Waals surface area contributed by atoms with Crippen molar-refractivity contribution in [2.45, 2.75) is 19.4 Å². The van der Waals surface area contributed by atoms with Crippen molar-refractivity contribution in [1.29, 1.82) is 0 Å². The van der Waals surface area contributed by atoms with Crippen molar-refractivity contribution >= 4 is 35.0 Å². The SMILES string of the molecule is Cl.Clc1cc2ccn(CC3CCCNC3)c2nn1. The molecule has 0 saturated carbocycles. The van der Waals surface area contributed by atoms with Gasteiger partial charge in [-0.15, -0.1) is 22.6 Å². The summed E-state index contributed by atoms with van der Waals surface area (Å²) < 4.78 is 2.18. The van der Waals surface area contributed by atoms with Crippen molar-refractivity contribution in [3.8, 4) is 0 Å². The molecule has 1 aliphatic rings. The van der Waals surface area contributed by atoms with E-state index in [0.29, 0.717) is 11.1 Å². The van der Waals surface area contributed by atoms with Gasteiger partial charge in [0.05, 0.1) is 0 Å². The first-order valence-corrected chi connectivity index (χ1v) is 6.39. The molecular weight excluding hydrogens is 271 g/mol. The van der Waals surface area contributed by atoms with E-state index in [0.717, 1.165) is 30.7 Å². The number of fused-ring (bicyclic) bond motifs is 1. The monoisotopic (exact) mass is 286 g/mol. The highest BCUT2D eigenvalue weighted by atomic mass is 35.5. The molecule has 3 heterocycles. The summed E-state index contributed by atoms with van der Waals surface area (Å²) >= 11 is 5.83. The first-order chi connectivity index (χ1) is 8.33. The first kappa shape index (κ1) is 13.6. The second-order valence-corrected chi connectivity index (χ2v) is 5.01. The summed E-state index contributed by atoms with van der Waals surface area (Å²) in [7, 11) is 0. The minimum absolute atomic E-state index is 0. The number of aromatic nitrogens is 3. The second kappa shape index (κ2) is 5.87. The molecule has 0 aromatic carbocycles. The van der Waals surface area contributed by atoms with E-state index in [1.165, 1.54) is 12.8 Å². The van der Waals surface area contributed by atoms with E-state index in [1.807, 2.05) is 12.1 Å². The zero-order chi connectivity index (χ0) is 11.7. The van der Waals surface area contributed by atoms with Gasteiger partial charge in [0, 0.05) is 18.1 Å². The molecule has 18 heavy (non-hydrogen) atoms. The lowest BCUT2D eigenvalue weighted by Gasteiger charge is -2.23. The van der Waals surface area contributed by atoms with Gasteiger partial charge in [-0.25, -0.2) is 0 Å². The smallest absolute Gasteiger partial charge is 0.162 e. The molecule has 2 aromatic heterocycles. The third-order valence-corrected chi connectivity index (χ3v) is 3.52. The van der Waals surface area contributed by atoms with E-state index >= 15 is 0 Å². The molecule has 4 nitrogen and oxygen atoms in total. The highest BCUT2D eigenvalue weighted by molar-refractivity contribution is 6.29. The van der Waals surface area contributed by atoms with E-state index in [9.17, 15) is 0 Å². The van der Waals surface area contributed by atoms with Crippen LogP contribution in [0.25, 0.3) is 11.0 Å². The van der Waals surface area contributed by atoms with Gasteiger partial charge in [0.2, 0.25) is 0 Å². The lowest BCUT2D eigenvalue weighted by atomic mass is 10.00. The standard InChI is InChI=1S/C12H15ClN4.ClH/c13-11-6-10-3-5-17(12(10)16-15-11)8-9-2-1-4-14-7-9;/h3,5-6,9,14H,1-2,4,7-8H2;1H. The van der Waals surface area contributed by atoms with Crippen LogP contribution in [-0.2, 0) is 6.54 Å². The average Bonchev–Trinajstić information content (AvgIpc) is 2.73. The summed E-state index contributed by atoms with van der Waals surface area (Å²) in [5, 5.41) is 13.0. The van der Waals surface area contributed by atoms with Crippen LogP contribution in [0, 0.1) is 5.92 Å². The fraction of sp³-hybridized carbons (Fsp3) is 0.500. The molecule has 0 aliphatic carbocycles. The summed E-state index contributed by atoms with van der Waals surface area (Å²) in [4.78, 5) is 0. The average molecular weight is 287 g/mol. The van der Waals surface area contributed by atoms with Crippen molar-refractivity contribution in [2.75, 3.05) is 13.1 Å². The van der Waals surface area contributed by atoms with E-state index in [-0.39, 0.29) is 12.4 Å². The van der Waals surface area contributed by atoms with Gasteiger partial charge in [0.1, 0.15) is 0 Å². The molecule has 1 atom stereocenters. The molecular formula is C12H16Cl2N4. The molecule has 1 unspecified atom stereocenters. The van der Waals surface area contributed by atoms with E-state index < -0.39 is 0 Å². The van der Waals surface area contributed by atoms with Crippen molar-refractivity contribution in [1.82, 2.24) is 20.1 Å². The van der Waals surface area contributed by atoms with Gasteiger partial charge in [-0.3, -0.25) is 0 Å². The van der Waals surface area contributed by atoms with Gasteiger partial charge in [0.15, 0.2) is 10.8 Å². The molecule has 0 amide bonds. The summed E-state index contributed by atoms with van der Waals surface area (Å²) in [5.41, 5.74) is 0.931. The molecule has 1 N–H and O–H groups in total. The maximum absolute atomic E-state index is 5.83. The Morgan fingerprint density at radius 1 is 1.44 bits per heavy atom. The van der Waals surface area contributed by atoms with Crippen molar-refractivity contribution in [3.05, 3.63) is 23.5 Å². The lowest BCUT2D eigenvalue weighted by Crippen LogP contribution is -2.32. The molecule has 0 radical (unpaired) electrons. The molecule has 98 valence electrons. The van der Waals surface area contributed by atoms with Crippen molar-refractivity contribution < 1.29 is 0 Å². The number of halogens is 2. The Bertz CT molecular complexity index is 520. The zero-order valence-corrected chi connectivity index (χ0v) is 11.5. The second-order valence-electron chi connectivity index (χ2n) is 4.63. The summed E-state index contributed by atoms with van der Waals surface area (Å²) in [6.07, 6.45) is 4.62. The summed E-state index contributed by atoms with van der Waals surface area (Å²) in [6, 6.07) is 3.91. The molecule has 0 bridgehead atoms. The Morgan fingerprint density at radius 2 is 2.33 bits per heavy atom. The predicted molar refractivity (Wildman–Crippen MR) is 75.4 cm³/mol. The molecule has 1 aliphatic heterocycles. The third-order valence-electron chi connectivity index (χ3n) is 3.33. The fourth-order valence-electron chi connectivity index (χ4n) is 2.47. The van der Waals surface area contributed by atoms with Gasteiger partial charge in [-0.05, 0) is 44.0 Å². The first-order valence-electron chi connectivity index (χ1n) is 6.02. The maximum atomic E-state index is 5.83. The van der Waals surface area contributed by atoms with Crippen LogP contribution in [-0.4, -0.2) is 27.9 Å². The summed E-state index contributed by atoms with van der Waals surface area (Å²) in [5.74, 6) is 0.692. The Morgan fingerprint density at radius 3 is 3.11 bits per heavy atom. The van der Waals surface area contributed by atoms with Crippen LogP contribution in [0.1, 0.15) is 12.8 Å². The van der Waals surface area contributed by atoms with E-state index in [1.54, 1.807) is 0 Å². The predicted octanol–water partition coefficient (Wildman–Crippen LogP) is 2.51. The number of nitrogens with one attached hydrogen (secondary N) is 1. The van der Waals surface area contributed by atoms with Crippen molar-refractivity contribution in [3.63, 3.8) is 0 Å². The van der Waals surface area contributed by atoms with Crippen LogP contribution in [0.15, 0.2) is 18.3 Å². The highest BCUT2D eigenvalue weighted by Crippen LogP contribution is 2.19. The number of nitrogens with zero attached hydrogens (tertiary/aromatic N) is 3. The lowest BCUT2D eigenvalue weighted by molar-refractivity contribution is 0.340. The normalized spacial score (nSPS) is 19.7. The van der Waals surface area contributed by atoms with Crippen LogP contribution in [0.4, 0.5) is 0 Å². The third kappa shape index (κ3) is 2.76. The largest absolute Gasteiger partial charge is 0.331 e. The van der Waals surface area contributed by atoms with E-state index in [4.69, 9.17) is 11.6 Å². The van der Waals surface area contributed by atoms with Crippen LogP contribution in [0.3, 0.4) is 0 Å². The molecule has 1 fully saturated rings. The topological polar surface area (TPSA) is 42.7 Å². The van der Waals surface area contributed by atoms with E-state index in [2.05, 4.69) is 26.3 Å². The number of hydrogen-bond donors (Lipinski definition) is 1. The fourth-order valence-corrected chi connectivity index (χ4v) is 2.62. The number of hydrogen-bond acceptors (Lipinski definition) is 3. The maximum Gasteiger partial charge on any atom is 0.162 e. The van der Waals surface area contributed by atoms with Gasteiger partial charge in [0.25, 0.3) is 0 Å². The molecule has 6 heteroatoms. The quantitative estimate of drug-likeness (QED) is 0.923. The van der Waals surface area contributed by atoms with Gasteiger partial charge in [-0.2, -0.15) is 0 Å². The van der Waals surface area contributed by atoms with Crippen LogP contribution < -0.4 is 5.32 Å².